The van der Waals surface area contributed by atoms with Crippen molar-refractivity contribution in [3.8, 4) is 0 Å². The Bertz CT molecular complexity index is 744. The molecule has 22 heavy (non-hydrogen) atoms. The van der Waals surface area contributed by atoms with Crippen LogP contribution < -0.4 is 16.1 Å². The Morgan fingerprint density at radius 1 is 1.27 bits per heavy atom. The van der Waals surface area contributed by atoms with Crippen molar-refractivity contribution >= 4 is 45.9 Å². The molecule has 0 fully saturated rings. The van der Waals surface area contributed by atoms with Gasteiger partial charge < -0.3 is 20.3 Å². The topological polar surface area (TPSA) is 70.6 Å². The number of rotatable bonds is 2. The molecule has 0 saturated heterocycles. The SMILES string of the molecule is O=C(Nc1ccc2c(c1)B(O)OC2)Nc1ccc(Br)cc1F. The molecular weight excluding hydrogens is 354 g/mol. The van der Waals surface area contributed by atoms with Gasteiger partial charge in [-0.15, -0.1) is 0 Å². The van der Waals surface area contributed by atoms with Crippen LogP contribution in [0.3, 0.4) is 0 Å². The number of fused-ring (bicyclic) bond motifs is 1. The lowest BCUT2D eigenvalue weighted by Gasteiger charge is -2.10. The van der Waals surface area contributed by atoms with Crippen LogP contribution in [0.5, 0.6) is 0 Å². The molecule has 8 heteroatoms. The van der Waals surface area contributed by atoms with Gasteiger partial charge >= 0.3 is 13.1 Å². The molecule has 0 unspecified atom stereocenters. The minimum Gasteiger partial charge on any atom is -0.423 e. The number of hydrogen-bond donors (Lipinski definition) is 3. The van der Waals surface area contributed by atoms with Gasteiger partial charge in [0.25, 0.3) is 0 Å². The summed E-state index contributed by atoms with van der Waals surface area (Å²) in [6.45, 7) is 0.340. The van der Waals surface area contributed by atoms with Gasteiger partial charge in [-0.1, -0.05) is 22.0 Å². The molecular formula is C14H11BBrFN2O3. The molecule has 2 aromatic carbocycles. The maximum atomic E-state index is 13.7. The summed E-state index contributed by atoms with van der Waals surface area (Å²) in [4.78, 5) is 11.9. The summed E-state index contributed by atoms with van der Waals surface area (Å²) >= 11 is 3.15. The predicted octanol–water partition coefficient (Wildman–Crippen LogP) is 2.45. The van der Waals surface area contributed by atoms with Crippen molar-refractivity contribution in [1.82, 2.24) is 0 Å². The highest BCUT2D eigenvalue weighted by atomic mass is 79.9. The number of amides is 2. The van der Waals surface area contributed by atoms with Gasteiger partial charge in [-0.3, -0.25) is 0 Å². The van der Waals surface area contributed by atoms with Crippen LogP contribution in [0.2, 0.25) is 0 Å². The molecule has 1 aliphatic rings. The fourth-order valence-corrected chi connectivity index (χ4v) is 2.50. The second kappa shape index (κ2) is 6.08. The molecule has 0 atom stereocenters. The molecule has 0 saturated carbocycles. The van der Waals surface area contributed by atoms with Crippen LogP contribution in [-0.2, 0) is 11.3 Å². The Hall–Kier alpha value is -1.90. The van der Waals surface area contributed by atoms with E-state index in [9.17, 15) is 14.2 Å². The third kappa shape index (κ3) is 3.14. The smallest absolute Gasteiger partial charge is 0.423 e. The predicted molar refractivity (Wildman–Crippen MR) is 85.6 cm³/mol. The molecule has 5 nitrogen and oxygen atoms in total. The zero-order valence-corrected chi connectivity index (χ0v) is 12.9. The van der Waals surface area contributed by atoms with E-state index in [1.165, 1.54) is 12.1 Å². The van der Waals surface area contributed by atoms with Gasteiger partial charge in [0.15, 0.2) is 0 Å². The first kappa shape index (κ1) is 15.0. The average Bonchev–Trinajstić information content (AvgIpc) is 2.83. The minimum absolute atomic E-state index is 0.0743. The first-order chi connectivity index (χ1) is 10.5. The second-order valence-electron chi connectivity index (χ2n) is 4.78. The molecule has 1 heterocycles. The van der Waals surface area contributed by atoms with Crippen molar-refractivity contribution in [3.63, 3.8) is 0 Å². The van der Waals surface area contributed by atoms with E-state index in [2.05, 4.69) is 26.6 Å². The van der Waals surface area contributed by atoms with E-state index in [0.29, 0.717) is 22.2 Å². The number of urea groups is 1. The molecule has 0 aromatic heterocycles. The number of anilines is 2. The lowest BCUT2D eigenvalue weighted by Crippen LogP contribution is -2.29. The minimum atomic E-state index is -0.983. The molecule has 0 aliphatic carbocycles. The summed E-state index contributed by atoms with van der Waals surface area (Å²) in [6, 6.07) is 8.86. The van der Waals surface area contributed by atoms with Gasteiger partial charge in [0.05, 0.1) is 12.3 Å². The highest BCUT2D eigenvalue weighted by molar-refractivity contribution is 9.10. The van der Waals surface area contributed by atoms with E-state index in [4.69, 9.17) is 4.65 Å². The molecule has 112 valence electrons. The molecule has 0 bridgehead atoms. The summed E-state index contributed by atoms with van der Waals surface area (Å²) in [7, 11) is -0.983. The first-order valence-electron chi connectivity index (χ1n) is 6.48. The molecule has 1 aliphatic heterocycles. The van der Waals surface area contributed by atoms with Gasteiger partial charge in [0.1, 0.15) is 5.82 Å². The van der Waals surface area contributed by atoms with E-state index in [-0.39, 0.29) is 5.69 Å². The Morgan fingerprint density at radius 2 is 2.09 bits per heavy atom. The van der Waals surface area contributed by atoms with Crippen LogP contribution in [0.4, 0.5) is 20.6 Å². The lowest BCUT2D eigenvalue weighted by atomic mass is 9.79. The molecule has 3 rings (SSSR count). The Morgan fingerprint density at radius 3 is 2.86 bits per heavy atom. The van der Waals surface area contributed by atoms with E-state index < -0.39 is 19.0 Å². The monoisotopic (exact) mass is 364 g/mol. The molecule has 0 radical (unpaired) electrons. The highest BCUT2D eigenvalue weighted by Crippen LogP contribution is 2.20. The van der Waals surface area contributed by atoms with E-state index in [1.54, 1.807) is 24.3 Å². The van der Waals surface area contributed by atoms with Crippen LogP contribution in [0.15, 0.2) is 40.9 Å². The van der Waals surface area contributed by atoms with Gasteiger partial charge in [-0.05, 0) is 41.4 Å². The molecule has 2 amide bonds. The normalized spacial score (nSPS) is 13.0. The Labute approximate surface area is 134 Å². The van der Waals surface area contributed by atoms with Crippen LogP contribution in [0, 0.1) is 5.82 Å². The maximum absolute atomic E-state index is 13.7. The fourth-order valence-electron chi connectivity index (χ4n) is 2.17. The van der Waals surface area contributed by atoms with Gasteiger partial charge in [0.2, 0.25) is 0 Å². The van der Waals surface area contributed by atoms with E-state index >= 15 is 0 Å². The van der Waals surface area contributed by atoms with Crippen molar-refractivity contribution in [2.75, 3.05) is 10.6 Å². The number of hydrogen-bond acceptors (Lipinski definition) is 3. The lowest BCUT2D eigenvalue weighted by molar-refractivity contribution is 0.262. The summed E-state index contributed by atoms with van der Waals surface area (Å²) in [5.41, 5.74) is 2.05. The van der Waals surface area contributed by atoms with Gasteiger partial charge in [-0.2, -0.15) is 0 Å². The van der Waals surface area contributed by atoms with Crippen LogP contribution >= 0.6 is 15.9 Å². The first-order valence-corrected chi connectivity index (χ1v) is 7.28. The number of benzene rings is 2. The fraction of sp³-hybridized carbons (Fsp3) is 0.0714. The summed E-state index contributed by atoms with van der Waals surface area (Å²) in [6.07, 6.45) is 0. The second-order valence-corrected chi connectivity index (χ2v) is 5.70. The Balaban J connectivity index is 1.71. The number of carbonyl (C=O) groups excluding carboxylic acids is 1. The summed E-state index contributed by atoms with van der Waals surface area (Å²) in [5.74, 6) is -0.540. The molecule has 0 spiro atoms. The van der Waals surface area contributed by atoms with Gasteiger partial charge in [0, 0.05) is 10.2 Å². The van der Waals surface area contributed by atoms with E-state index in [1.807, 2.05) is 0 Å². The van der Waals surface area contributed by atoms with Crippen molar-refractivity contribution in [2.24, 2.45) is 0 Å². The third-order valence-corrected chi connectivity index (χ3v) is 3.74. The largest absolute Gasteiger partial charge is 0.491 e. The maximum Gasteiger partial charge on any atom is 0.491 e. The summed E-state index contributed by atoms with van der Waals surface area (Å²) in [5, 5.41) is 14.6. The van der Waals surface area contributed by atoms with E-state index in [0.717, 1.165) is 5.56 Å². The van der Waals surface area contributed by atoms with Crippen molar-refractivity contribution in [2.45, 2.75) is 6.61 Å². The highest BCUT2D eigenvalue weighted by Gasteiger charge is 2.27. The number of nitrogens with one attached hydrogen (secondary N) is 2. The zero-order chi connectivity index (χ0) is 15.7. The standard InChI is InChI=1S/C14H11BBrFN2O3/c16-9-2-4-13(12(17)5-9)19-14(20)18-10-3-1-8-7-22-15(21)11(8)6-10/h1-6,21H,7H2,(H2,18,19,20). The van der Waals surface area contributed by atoms with Crippen LogP contribution in [-0.4, -0.2) is 18.2 Å². The molecule has 2 aromatic rings. The van der Waals surface area contributed by atoms with Crippen molar-refractivity contribution < 1.29 is 18.9 Å². The van der Waals surface area contributed by atoms with Crippen LogP contribution in [0.1, 0.15) is 5.56 Å². The van der Waals surface area contributed by atoms with Crippen LogP contribution in [0.25, 0.3) is 0 Å². The third-order valence-electron chi connectivity index (χ3n) is 3.25. The Kier molecular flexibility index (Phi) is 4.15. The zero-order valence-electron chi connectivity index (χ0n) is 11.3. The summed E-state index contributed by atoms with van der Waals surface area (Å²) < 4.78 is 19.3. The van der Waals surface area contributed by atoms with Gasteiger partial charge in [-0.25, -0.2) is 9.18 Å². The van der Waals surface area contributed by atoms with Crippen molar-refractivity contribution in [3.05, 3.63) is 52.3 Å². The van der Waals surface area contributed by atoms with Crippen molar-refractivity contribution in [1.29, 1.82) is 0 Å². The number of carbonyl (C=O) groups is 1. The average molecular weight is 365 g/mol. The quantitative estimate of drug-likeness (QED) is 0.717. The molecule has 3 N–H and O–H groups in total. The number of halogens is 2.